The van der Waals surface area contributed by atoms with Gasteiger partial charge in [-0.3, -0.25) is 9.59 Å². The van der Waals surface area contributed by atoms with Crippen molar-refractivity contribution in [3.8, 4) is 0 Å². The highest BCUT2D eigenvalue weighted by Gasteiger charge is 2.45. The number of amides is 1. The minimum Gasteiger partial charge on any atom is -0.481 e. The normalized spacial score (nSPS) is 25.0. The van der Waals surface area contributed by atoms with Crippen molar-refractivity contribution in [1.82, 2.24) is 4.90 Å². The number of carboxylic acids is 1. The molecule has 0 aliphatic carbocycles. The molecule has 1 aromatic rings. The third kappa shape index (κ3) is 3.56. The average molecular weight is 339 g/mol. The summed E-state index contributed by atoms with van der Waals surface area (Å²) in [5.74, 6) is -3.40. The zero-order chi connectivity index (χ0) is 17.3. The Labute approximate surface area is 138 Å². The van der Waals surface area contributed by atoms with Gasteiger partial charge in [0, 0.05) is 13.1 Å². The number of benzene rings is 1. The number of nitrogens with zero attached hydrogens (tertiary/aromatic N) is 1. The van der Waals surface area contributed by atoms with E-state index in [0.29, 0.717) is 12.0 Å². The van der Waals surface area contributed by atoms with Gasteiger partial charge in [0.15, 0.2) is 11.6 Å². The Morgan fingerprint density at radius 3 is 2.62 bits per heavy atom. The second-order valence-electron chi connectivity index (χ2n) is 6.37. The summed E-state index contributed by atoms with van der Waals surface area (Å²) in [6, 6.07) is 3.44. The van der Waals surface area contributed by atoms with Gasteiger partial charge < -0.3 is 14.7 Å². The van der Waals surface area contributed by atoms with Gasteiger partial charge in [0.2, 0.25) is 5.91 Å². The summed E-state index contributed by atoms with van der Waals surface area (Å²) in [6.45, 7) is 0.0816. The number of fused-ring (bicyclic) bond motifs is 2. The number of hydrogen-bond acceptors (Lipinski definition) is 3. The molecular weight excluding hydrogens is 320 g/mol. The summed E-state index contributed by atoms with van der Waals surface area (Å²) in [7, 11) is 0. The van der Waals surface area contributed by atoms with Crippen molar-refractivity contribution in [2.45, 2.75) is 44.4 Å². The maximum atomic E-state index is 13.4. The first kappa shape index (κ1) is 16.8. The van der Waals surface area contributed by atoms with E-state index >= 15 is 0 Å². The Morgan fingerprint density at radius 2 is 2.04 bits per heavy atom. The molecular formula is C17H19F2NO4. The molecule has 2 aliphatic rings. The maximum absolute atomic E-state index is 13.4. The van der Waals surface area contributed by atoms with Crippen molar-refractivity contribution in [2.75, 3.05) is 6.54 Å². The van der Waals surface area contributed by atoms with Gasteiger partial charge in [0.25, 0.3) is 0 Å². The zero-order valence-corrected chi connectivity index (χ0v) is 13.1. The average Bonchev–Trinajstić information content (AvgIpc) is 3.17. The Bertz CT molecular complexity index is 651. The lowest BCUT2D eigenvalue weighted by Gasteiger charge is -2.28. The molecule has 3 atom stereocenters. The highest BCUT2D eigenvalue weighted by Crippen LogP contribution is 2.39. The third-order valence-electron chi connectivity index (χ3n) is 4.69. The number of rotatable bonds is 6. The summed E-state index contributed by atoms with van der Waals surface area (Å²) in [4.78, 5) is 25.1. The van der Waals surface area contributed by atoms with Crippen LogP contribution in [-0.4, -0.2) is 40.6 Å². The molecule has 1 aromatic carbocycles. The van der Waals surface area contributed by atoms with E-state index in [2.05, 4.69) is 0 Å². The molecule has 3 rings (SSSR count). The number of aliphatic carboxylic acids is 1. The predicted molar refractivity (Wildman–Crippen MR) is 80.0 cm³/mol. The molecule has 2 heterocycles. The van der Waals surface area contributed by atoms with Crippen molar-refractivity contribution in [1.29, 1.82) is 0 Å². The van der Waals surface area contributed by atoms with Crippen LogP contribution < -0.4 is 0 Å². The SMILES string of the molecule is O=C(O)CCN(Cc1ccc(F)c(F)c1)C(=O)C1CC2CCC1O2. The highest BCUT2D eigenvalue weighted by molar-refractivity contribution is 5.80. The molecule has 0 saturated carbocycles. The van der Waals surface area contributed by atoms with Crippen LogP contribution in [-0.2, 0) is 20.9 Å². The van der Waals surface area contributed by atoms with Gasteiger partial charge >= 0.3 is 5.97 Å². The van der Waals surface area contributed by atoms with E-state index in [9.17, 15) is 18.4 Å². The van der Waals surface area contributed by atoms with Crippen LogP contribution in [0.25, 0.3) is 0 Å². The fraction of sp³-hybridized carbons (Fsp3) is 0.529. The van der Waals surface area contributed by atoms with Crippen molar-refractivity contribution < 1.29 is 28.2 Å². The van der Waals surface area contributed by atoms with Crippen molar-refractivity contribution >= 4 is 11.9 Å². The topological polar surface area (TPSA) is 66.8 Å². The largest absolute Gasteiger partial charge is 0.481 e. The highest BCUT2D eigenvalue weighted by atomic mass is 19.2. The lowest BCUT2D eigenvalue weighted by Crippen LogP contribution is -2.40. The van der Waals surface area contributed by atoms with Gasteiger partial charge in [0.05, 0.1) is 24.5 Å². The van der Waals surface area contributed by atoms with E-state index in [-0.39, 0.29) is 43.5 Å². The summed E-state index contributed by atoms with van der Waals surface area (Å²) in [6.07, 6.45) is 2.22. The standard InChI is InChI=1S/C17H19F2NO4/c18-13-3-1-10(7-14(13)19)9-20(6-5-16(21)22)17(23)12-8-11-2-4-15(12)24-11/h1,3,7,11-12,15H,2,4-6,8-9H2,(H,21,22). The van der Waals surface area contributed by atoms with E-state index in [1.54, 1.807) is 0 Å². The molecule has 0 spiro atoms. The molecule has 7 heteroatoms. The molecule has 1 amide bonds. The van der Waals surface area contributed by atoms with Gasteiger partial charge in [-0.05, 0) is 37.0 Å². The predicted octanol–water partition coefficient (Wildman–Crippen LogP) is 2.34. The molecule has 1 N–H and O–H groups in total. The second kappa shape index (κ2) is 6.84. The summed E-state index contributed by atoms with van der Waals surface area (Å²) >= 11 is 0. The second-order valence-corrected chi connectivity index (χ2v) is 6.37. The van der Waals surface area contributed by atoms with E-state index in [1.165, 1.54) is 11.0 Å². The van der Waals surface area contributed by atoms with Gasteiger partial charge in [0.1, 0.15) is 0 Å². The van der Waals surface area contributed by atoms with E-state index in [4.69, 9.17) is 9.84 Å². The fourth-order valence-electron chi connectivity index (χ4n) is 3.49. The van der Waals surface area contributed by atoms with Crippen LogP contribution in [0.1, 0.15) is 31.2 Å². The number of carbonyl (C=O) groups excluding carboxylic acids is 1. The van der Waals surface area contributed by atoms with E-state index in [1.807, 2.05) is 0 Å². The van der Waals surface area contributed by atoms with Crippen LogP contribution in [0.3, 0.4) is 0 Å². The first-order valence-electron chi connectivity index (χ1n) is 8.04. The van der Waals surface area contributed by atoms with Crippen molar-refractivity contribution in [3.05, 3.63) is 35.4 Å². The number of hydrogen-bond donors (Lipinski definition) is 1. The van der Waals surface area contributed by atoms with Gasteiger partial charge in [-0.2, -0.15) is 0 Å². The quantitative estimate of drug-likeness (QED) is 0.864. The van der Waals surface area contributed by atoms with Crippen LogP contribution >= 0.6 is 0 Å². The lowest BCUT2D eigenvalue weighted by atomic mass is 9.88. The molecule has 2 fully saturated rings. The molecule has 2 saturated heterocycles. The first-order valence-corrected chi connectivity index (χ1v) is 8.04. The van der Waals surface area contributed by atoms with Crippen LogP contribution in [0, 0.1) is 17.6 Å². The van der Waals surface area contributed by atoms with Crippen LogP contribution in [0.2, 0.25) is 0 Å². The molecule has 2 aliphatic heterocycles. The summed E-state index contributed by atoms with van der Waals surface area (Å²) in [5.41, 5.74) is 0.428. The molecule has 2 bridgehead atoms. The summed E-state index contributed by atoms with van der Waals surface area (Å²) in [5, 5.41) is 8.89. The smallest absolute Gasteiger partial charge is 0.305 e. The molecule has 130 valence electrons. The minimum atomic E-state index is -1.01. The van der Waals surface area contributed by atoms with E-state index < -0.39 is 17.6 Å². The zero-order valence-electron chi connectivity index (χ0n) is 13.1. The number of ether oxygens (including phenoxy) is 1. The number of carbonyl (C=O) groups is 2. The van der Waals surface area contributed by atoms with E-state index in [0.717, 1.165) is 25.0 Å². The molecule has 5 nitrogen and oxygen atoms in total. The third-order valence-corrected chi connectivity index (χ3v) is 4.69. The van der Waals surface area contributed by atoms with Gasteiger partial charge in [-0.15, -0.1) is 0 Å². The Morgan fingerprint density at radius 1 is 1.25 bits per heavy atom. The van der Waals surface area contributed by atoms with Gasteiger partial charge in [-0.25, -0.2) is 8.78 Å². The minimum absolute atomic E-state index is 0.0288. The number of carboxylic acid groups (broad SMARTS) is 1. The monoisotopic (exact) mass is 339 g/mol. The van der Waals surface area contributed by atoms with Crippen LogP contribution in [0.15, 0.2) is 18.2 Å². The number of halogens is 2. The molecule has 24 heavy (non-hydrogen) atoms. The lowest BCUT2D eigenvalue weighted by molar-refractivity contribution is -0.141. The Kier molecular flexibility index (Phi) is 4.80. The molecule has 3 unspecified atom stereocenters. The Hall–Kier alpha value is -2.02. The van der Waals surface area contributed by atoms with Crippen molar-refractivity contribution in [3.63, 3.8) is 0 Å². The maximum Gasteiger partial charge on any atom is 0.305 e. The van der Waals surface area contributed by atoms with Crippen LogP contribution in [0.5, 0.6) is 0 Å². The van der Waals surface area contributed by atoms with Gasteiger partial charge in [-0.1, -0.05) is 6.07 Å². The van der Waals surface area contributed by atoms with Crippen LogP contribution in [0.4, 0.5) is 8.78 Å². The van der Waals surface area contributed by atoms with Crippen molar-refractivity contribution in [2.24, 2.45) is 5.92 Å². The molecule has 0 aromatic heterocycles. The molecule has 0 radical (unpaired) electrons. The fourth-order valence-corrected chi connectivity index (χ4v) is 3.49. The Balaban J connectivity index is 1.73. The summed E-state index contributed by atoms with van der Waals surface area (Å²) < 4.78 is 32.1. The first-order chi connectivity index (χ1) is 11.4.